The van der Waals surface area contributed by atoms with Gasteiger partial charge in [0.2, 0.25) is 0 Å². The molecule has 1 rings (SSSR count). The van der Waals surface area contributed by atoms with Crippen LogP contribution < -0.4 is 5.73 Å². The van der Waals surface area contributed by atoms with Crippen molar-refractivity contribution in [1.29, 1.82) is 0 Å². The Hall–Kier alpha value is -0.0900. The Morgan fingerprint density at radius 2 is 2.33 bits per heavy atom. The van der Waals surface area contributed by atoms with Crippen LogP contribution in [0.1, 0.15) is 22.9 Å². The maximum atomic E-state index is 8.65. The van der Waals surface area contributed by atoms with Crippen LogP contribution >= 0.6 is 23.7 Å². The molecule has 0 bridgehead atoms. The third-order valence-electron chi connectivity index (χ3n) is 1.68. The molecular formula is C8H14ClNOS. The van der Waals surface area contributed by atoms with Crippen LogP contribution in [-0.2, 0) is 0 Å². The van der Waals surface area contributed by atoms with Crippen molar-refractivity contribution in [3.63, 3.8) is 0 Å². The fraction of sp³-hybridized carbons (Fsp3) is 0.500. The fourth-order valence-corrected chi connectivity index (χ4v) is 2.00. The number of hydrogen-bond acceptors (Lipinski definition) is 3. The van der Waals surface area contributed by atoms with E-state index in [0.29, 0.717) is 6.42 Å². The number of nitrogens with two attached hydrogens (primary N) is 1. The van der Waals surface area contributed by atoms with E-state index in [1.807, 2.05) is 12.3 Å². The molecule has 1 aromatic heterocycles. The minimum atomic E-state index is 0. The lowest BCUT2D eigenvalue weighted by Gasteiger charge is -2.07. The zero-order valence-electron chi connectivity index (χ0n) is 6.99. The number of hydrogen-bond donors (Lipinski definition) is 2. The zero-order valence-corrected chi connectivity index (χ0v) is 8.62. The summed E-state index contributed by atoms with van der Waals surface area (Å²) in [5, 5.41) is 10.7. The average Bonchev–Trinajstić information content (AvgIpc) is 2.36. The third kappa shape index (κ3) is 2.75. The Morgan fingerprint density at radius 3 is 2.75 bits per heavy atom. The summed E-state index contributed by atoms with van der Waals surface area (Å²) < 4.78 is 0. The summed E-state index contributed by atoms with van der Waals surface area (Å²) >= 11 is 1.66. The van der Waals surface area contributed by atoms with Crippen molar-refractivity contribution in [3.8, 4) is 0 Å². The van der Waals surface area contributed by atoms with Crippen LogP contribution in [-0.4, -0.2) is 11.7 Å². The Labute approximate surface area is 82.8 Å². The maximum absolute atomic E-state index is 8.65. The van der Waals surface area contributed by atoms with Gasteiger partial charge in [-0.05, 0) is 30.4 Å². The molecule has 1 heterocycles. The van der Waals surface area contributed by atoms with Gasteiger partial charge in [0.25, 0.3) is 0 Å². The lowest BCUT2D eigenvalue weighted by molar-refractivity contribution is 0.277. The largest absolute Gasteiger partial charge is 0.396 e. The first kappa shape index (κ1) is 11.9. The van der Waals surface area contributed by atoms with Gasteiger partial charge in [0, 0.05) is 17.5 Å². The summed E-state index contributed by atoms with van der Waals surface area (Å²) in [4.78, 5) is 1.19. The van der Waals surface area contributed by atoms with Crippen molar-refractivity contribution in [2.75, 3.05) is 6.61 Å². The Kier molecular flexibility index (Phi) is 5.50. The Balaban J connectivity index is 0.00000121. The highest BCUT2D eigenvalue weighted by Crippen LogP contribution is 2.23. The Bertz CT molecular complexity index is 227. The molecule has 12 heavy (non-hydrogen) atoms. The van der Waals surface area contributed by atoms with Gasteiger partial charge in [0.15, 0.2) is 0 Å². The summed E-state index contributed by atoms with van der Waals surface area (Å²) in [5.41, 5.74) is 7.03. The average molecular weight is 208 g/mol. The highest BCUT2D eigenvalue weighted by molar-refractivity contribution is 7.10. The topological polar surface area (TPSA) is 46.2 Å². The molecule has 4 heteroatoms. The minimum Gasteiger partial charge on any atom is -0.396 e. The predicted molar refractivity (Wildman–Crippen MR) is 54.9 cm³/mol. The summed E-state index contributed by atoms with van der Waals surface area (Å²) in [6.45, 7) is 2.21. The van der Waals surface area contributed by atoms with Crippen molar-refractivity contribution in [2.45, 2.75) is 19.4 Å². The lowest BCUT2D eigenvalue weighted by Crippen LogP contribution is -2.11. The van der Waals surface area contributed by atoms with Gasteiger partial charge in [-0.3, -0.25) is 0 Å². The van der Waals surface area contributed by atoms with E-state index < -0.39 is 0 Å². The van der Waals surface area contributed by atoms with Crippen molar-refractivity contribution in [3.05, 3.63) is 21.9 Å². The highest BCUT2D eigenvalue weighted by atomic mass is 35.5. The smallest absolute Gasteiger partial charge is 0.0449 e. The van der Waals surface area contributed by atoms with Crippen molar-refractivity contribution in [2.24, 2.45) is 5.73 Å². The van der Waals surface area contributed by atoms with Crippen LogP contribution in [0.15, 0.2) is 11.4 Å². The molecule has 0 saturated heterocycles. The number of aryl methyl sites for hydroxylation is 1. The molecule has 0 spiro atoms. The fourth-order valence-electron chi connectivity index (χ4n) is 1.03. The number of aliphatic hydroxyl groups is 1. The molecule has 0 saturated carbocycles. The summed E-state index contributed by atoms with van der Waals surface area (Å²) in [6.07, 6.45) is 0.654. The second-order valence-corrected chi connectivity index (χ2v) is 3.53. The SMILES string of the molecule is Cc1ccsc1[C@H](N)CCO.Cl. The first-order valence-electron chi connectivity index (χ1n) is 3.66. The van der Waals surface area contributed by atoms with E-state index in [4.69, 9.17) is 10.8 Å². The van der Waals surface area contributed by atoms with Gasteiger partial charge in [-0.25, -0.2) is 0 Å². The second-order valence-electron chi connectivity index (χ2n) is 2.59. The van der Waals surface area contributed by atoms with Crippen LogP contribution in [0.5, 0.6) is 0 Å². The van der Waals surface area contributed by atoms with Gasteiger partial charge in [-0.1, -0.05) is 0 Å². The van der Waals surface area contributed by atoms with Crippen LogP contribution in [0, 0.1) is 6.92 Å². The standard InChI is InChI=1S/C8H13NOS.ClH/c1-6-3-5-11-8(6)7(9)2-4-10;/h3,5,7,10H,2,4,9H2,1H3;1H/t7-;/m1./s1. The van der Waals surface area contributed by atoms with E-state index in [1.165, 1.54) is 10.4 Å². The maximum Gasteiger partial charge on any atom is 0.0449 e. The number of thiophene rings is 1. The van der Waals surface area contributed by atoms with Crippen LogP contribution in [0.3, 0.4) is 0 Å². The van der Waals surface area contributed by atoms with Crippen molar-refractivity contribution in [1.82, 2.24) is 0 Å². The number of halogens is 1. The van der Waals surface area contributed by atoms with E-state index in [0.717, 1.165) is 0 Å². The van der Waals surface area contributed by atoms with Crippen LogP contribution in [0.2, 0.25) is 0 Å². The molecule has 0 aliphatic heterocycles. The first-order valence-corrected chi connectivity index (χ1v) is 4.54. The Morgan fingerprint density at radius 1 is 1.67 bits per heavy atom. The van der Waals surface area contributed by atoms with E-state index >= 15 is 0 Å². The van der Waals surface area contributed by atoms with Gasteiger partial charge >= 0.3 is 0 Å². The molecule has 0 amide bonds. The third-order valence-corrected chi connectivity index (χ3v) is 2.83. The molecule has 1 aromatic rings. The zero-order chi connectivity index (χ0) is 8.27. The monoisotopic (exact) mass is 207 g/mol. The van der Waals surface area contributed by atoms with Crippen molar-refractivity contribution < 1.29 is 5.11 Å². The molecule has 2 nitrogen and oxygen atoms in total. The molecule has 0 fully saturated rings. The molecule has 0 unspecified atom stereocenters. The molecular weight excluding hydrogens is 194 g/mol. The summed E-state index contributed by atoms with van der Waals surface area (Å²) in [7, 11) is 0. The number of aliphatic hydroxyl groups excluding tert-OH is 1. The quantitative estimate of drug-likeness (QED) is 0.795. The van der Waals surface area contributed by atoms with Crippen LogP contribution in [0.4, 0.5) is 0 Å². The lowest BCUT2D eigenvalue weighted by atomic mass is 10.1. The number of rotatable bonds is 3. The molecule has 0 aliphatic rings. The van der Waals surface area contributed by atoms with Gasteiger partial charge in [0.05, 0.1) is 0 Å². The minimum absolute atomic E-state index is 0. The van der Waals surface area contributed by atoms with E-state index in [9.17, 15) is 0 Å². The molecule has 70 valence electrons. The van der Waals surface area contributed by atoms with Gasteiger partial charge in [-0.15, -0.1) is 23.7 Å². The summed E-state index contributed by atoms with van der Waals surface area (Å²) in [6, 6.07) is 2.07. The predicted octanol–water partition coefficient (Wildman–Crippen LogP) is 1.86. The van der Waals surface area contributed by atoms with Gasteiger partial charge in [-0.2, -0.15) is 0 Å². The van der Waals surface area contributed by atoms with Gasteiger partial charge < -0.3 is 10.8 Å². The van der Waals surface area contributed by atoms with E-state index in [1.54, 1.807) is 11.3 Å². The molecule has 3 N–H and O–H groups in total. The normalized spacial score (nSPS) is 12.2. The molecule has 1 atom stereocenters. The molecule has 0 radical (unpaired) electrons. The highest BCUT2D eigenvalue weighted by Gasteiger charge is 2.08. The first-order chi connectivity index (χ1) is 5.25. The van der Waals surface area contributed by atoms with Crippen molar-refractivity contribution >= 4 is 23.7 Å². The van der Waals surface area contributed by atoms with Crippen LogP contribution in [0.25, 0.3) is 0 Å². The van der Waals surface area contributed by atoms with E-state index in [-0.39, 0.29) is 25.1 Å². The molecule has 0 aliphatic carbocycles. The molecule has 0 aromatic carbocycles. The van der Waals surface area contributed by atoms with Gasteiger partial charge in [0.1, 0.15) is 0 Å². The second kappa shape index (κ2) is 5.54. The van der Waals surface area contributed by atoms with E-state index in [2.05, 4.69) is 6.07 Å². The summed E-state index contributed by atoms with van der Waals surface area (Å²) in [5.74, 6) is 0.